The number of methoxy groups -OCH3 is 2. The van der Waals surface area contributed by atoms with Crippen LogP contribution in [0.4, 0.5) is 8.78 Å². The Hall–Kier alpha value is -2.96. The molecule has 1 aliphatic heterocycles. The fourth-order valence-electron chi connectivity index (χ4n) is 2.67. The summed E-state index contributed by atoms with van der Waals surface area (Å²) >= 11 is 0. The van der Waals surface area contributed by atoms with Gasteiger partial charge < -0.3 is 9.47 Å². The molecule has 0 aliphatic carbocycles. The van der Waals surface area contributed by atoms with Crippen LogP contribution in [0.3, 0.4) is 0 Å². The van der Waals surface area contributed by atoms with Crippen molar-refractivity contribution < 1.29 is 27.8 Å². The summed E-state index contributed by atoms with van der Waals surface area (Å²) in [5.74, 6) is -2.15. The van der Waals surface area contributed by atoms with Gasteiger partial charge >= 0.3 is 0 Å². The Morgan fingerprint density at radius 3 is 2.42 bits per heavy atom. The molecule has 0 fully saturated rings. The highest BCUT2D eigenvalue weighted by Crippen LogP contribution is 2.38. The molecule has 2 amide bonds. The number of hydrogen-bond donors (Lipinski definition) is 0. The molecular formula is C17H13F2NO4. The largest absolute Gasteiger partial charge is 0.493 e. The molecule has 5 nitrogen and oxygen atoms in total. The van der Waals surface area contributed by atoms with Gasteiger partial charge in [0.15, 0.2) is 11.5 Å². The van der Waals surface area contributed by atoms with Gasteiger partial charge in [-0.25, -0.2) is 8.78 Å². The van der Waals surface area contributed by atoms with Gasteiger partial charge in [-0.1, -0.05) is 0 Å². The monoisotopic (exact) mass is 333 g/mol. The molecule has 0 spiro atoms. The Bertz CT molecular complexity index is 851. The van der Waals surface area contributed by atoms with Crippen LogP contribution in [-0.4, -0.2) is 30.9 Å². The van der Waals surface area contributed by atoms with Crippen molar-refractivity contribution in [3.05, 3.63) is 58.7 Å². The van der Waals surface area contributed by atoms with E-state index >= 15 is 0 Å². The average Bonchev–Trinajstić information content (AvgIpc) is 2.82. The first-order valence-corrected chi connectivity index (χ1v) is 7.03. The minimum absolute atomic E-state index is 0.0543. The Morgan fingerprint density at radius 1 is 1.00 bits per heavy atom. The van der Waals surface area contributed by atoms with Gasteiger partial charge in [0.25, 0.3) is 11.8 Å². The summed E-state index contributed by atoms with van der Waals surface area (Å²) in [5, 5.41) is 0. The topological polar surface area (TPSA) is 55.8 Å². The molecular weight excluding hydrogens is 320 g/mol. The van der Waals surface area contributed by atoms with Gasteiger partial charge in [-0.3, -0.25) is 14.5 Å². The van der Waals surface area contributed by atoms with E-state index in [1.165, 1.54) is 26.4 Å². The number of rotatable bonds is 4. The number of halogens is 2. The van der Waals surface area contributed by atoms with Gasteiger partial charge in [0.05, 0.1) is 31.9 Å². The number of fused-ring (bicyclic) bond motifs is 1. The number of benzene rings is 2. The third-order valence-corrected chi connectivity index (χ3v) is 3.82. The smallest absolute Gasteiger partial charge is 0.265 e. The molecule has 2 aromatic carbocycles. The lowest BCUT2D eigenvalue weighted by Crippen LogP contribution is -2.29. The van der Waals surface area contributed by atoms with Gasteiger partial charge in [-0.05, 0) is 30.3 Å². The minimum Gasteiger partial charge on any atom is -0.493 e. The summed E-state index contributed by atoms with van der Waals surface area (Å²) in [6.45, 7) is -0.374. The van der Waals surface area contributed by atoms with Crippen molar-refractivity contribution in [3.8, 4) is 11.5 Å². The van der Waals surface area contributed by atoms with Crippen LogP contribution >= 0.6 is 0 Å². The van der Waals surface area contributed by atoms with Crippen LogP contribution in [-0.2, 0) is 6.54 Å². The molecule has 24 heavy (non-hydrogen) atoms. The molecule has 0 N–H and O–H groups in total. The number of carbonyl (C=O) groups is 2. The highest BCUT2D eigenvalue weighted by molar-refractivity contribution is 6.22. The first kappa shape index (κ1) is 15.9. The van der Waals surface area contributed by atoms with Crippen molar-refractivity contribution in [2.75, 3.05) is 14.2 Å². The number of nitrogens with zero attached hydrogens (tertiary/aromatic N) is 1. The van der Waals surface area contributed by atoms with Crippen LogP contribution in [0.2, 0.25) is 0 Å². The van der Waals surface area contributed by atoms with E-state index in [2.05, 4.69) is 0 Å². The van der Waals surface area contributed by atoms with Crippen LogP contribution < -0.4 is 9.47 Å². The first-order chi connectivity index (χ1) is 11.5. The quantitative estimate of drug-likeness (QED) is 0.808. The minimum atomic E-state index is -0.697. The molecule has 3 rings (SSSR count). The lowest BCUT2D eigenvalue weighted by Gasteiger charge is -2.14. The van der Waals surface area contributed by atoms with Crippen LogP contribution in [0.5, 0.6) is 11.5 Å². The van der Waals surface area contributed by atoms with E-state index in [-0.39, 0.29) is 29.0 Å². The maximum absolute atomic E-state index is 13.8. The van der Waals surface area contributed by atoms with Crippen LogP contribution in [0.15, 0.2) is 30.3 Å². The third kappa shape index (κ3) is 2.38. The fourth-order valence-corrected chi connectivity index (χ4v) is 2.67. The van der Waals surface area contributed by atoms with E-state index in [4.69, 9.17) is 9.47 Å². The van der Waals surface area contributed by atoms with E-state index in [0.717, 1.165) is 23.1 Å². The van der Waals surface area contributed by atoms with Crippen molar-refractivity contribution in [2.45, 2.75) is 6.54 Å². The van der Waals surface area contributed by atoms with Crippen molar-refractivity contribution in [2.24, 2.45) is 0 Å². The second-order valence-electron chi connectivity index (χ2n) is 5.16. The normalized spacial score (nSPS) is 13.2. The number of hydrogen-bond acceptors (Lipinski definition) is 4. The zero-order valence-electron chi connectivity index (χ0n) is 12.9. The van der Waals surface area contributed by atoms with E-state index in [0.29, 0.717) is 5.75 Å². The number of ether oxygens (including phenoxy) is 2. The first-order valence-electron chi connectivity index (χ1n) is 7.03. The van der Waals surface area contributed by atoms with E-state index in [9.17, 15) is 18.4 Å². The molecule has 124 valence electrons. The van der Waals surface area contributed by atoms with Gasteiger partial charge in [0.2, 0.25) is 0 Å². The zero-order chi connectivity index (χ0) is 17.4. The second kappa shape index (κ2) is 5.92. The van der Waals surface area contributed by atoms with Gasteiger partial charge in [0, 0.05) is 5.56 Å². The molecule has 0 unspecified atom stereocenters. The molecule has 0 saturated carbocycles. The summed E-state index contributed by atoms with van der Waals surface area (Å²) in [4.78, 5) is 25.9. The standard InChI is InChI=1S/C17H13F2NO4/c1-23-13-6-4-11-14(15(13)24-2)17(22)20(16(11)21)8-9-7-10(18)3-5-12(9)19/h3-7H,8H2,1-2H3. The summed E-state index contributed by atoms with van der Waals surface area (Å²) in [7, 11) is 2.76. The Labute approximate surface area is 136 Å². The highest BCUT2D eigenvalue weighted by atomic mass is 19.1. The molecule has 1 aliphatic rings. The van der Waals surface area contributed by atoms with Crippen molar-refractivity contribution in [3.63, 3.8) is 0 Å². The molecule has 2 aromatic rings. The van der Waals surface area contributed by atoms with Gasteiger partial charge in [0.1, 0.15) is 11.6 Å². The summed E-state index contributed by atoms with van der Waals surface area (Å²) in [6, 6.07) is 5.83. The fraction of sp³-hybridized carbons (Fsp3) is 0.176. The van der Waals surface area contributed by atoms with E-state index < -0.39 is 23.4 Å². The van der Waals surface area contributed by atoms with E-state index in [1.807, 2.05) is 0 Å². The number of amides is 2. The Balaban J connectivity index is 2.03. The molecule has 0 aromatic heterocycles. The molecule has 0 saturated heterocycles. The second-order valence-corrected chi connectivity index (χ2v) is 5.16. The third-order valence-electron chi connectivity index (χ3n) is 3.82. The molecule has 1 heterocycles. The van der Waals surface area contributed by atoms with E-state index in [1.54, 1.807) is 0 Å². The maximum Gasteiger partial charge on any atom is 0.265 e. The Kier molecular flexibility index (Phi) is 3.92. The van der Waals surface area contributed by atoms with Crippen LogP contribution in [0.25, 0.3) is 0 Å². The molecule has 0 atom stereocenters. The predicted octanol–water partition coefficient (Wildman–Crippen LogP) is 2.78. The van der Waals surface area contributed by atoms with Gasteiger partial charge in [-0.15, -0.1) is 0 Å². The lowest BCUT2D eigenvalue weighted by molar-refractivity contribution is 0.0639. The number of carbonyl (C=O) groups excluding carboxylic acids is 2. The highest BCUT2D eigenvalue weighted by Gasteiger charge is 2.39. The molecule has 0 bridgehead atoms. The summed E-state index contributed by atoms with van der Waals surface area (Å²) in [6.07, 6.45) is 0. The maximum atomic E-state index is 13.8. The SMILES string of the molecule is COc1ccc2c(c1OC)C(=O)N(Cc1cc(F)ccc1F)C2=O. The Morgan fingerprint density at radius 2 is 1.75 bits per heavy atom. The van der Waals surface area contributed by atoms with Gasteiger partial charge in [-0.2, -0.15) is 0 Å². The van der Waals surface area contributed by atoms with Crippen molar-refractivity contribution in [1.82, 2.24) is 4.90 Å². The number of imide groups is 1. The summed E-state index contributed by atoms with van der Waals surface area (Å²) in [5.41, 5.74) is 0.101. The molecule has 0 radical (unpaired) electrons. The predicted molar refractivity (Wildman–Crippen MR) is 80.1 cm³/mol. The van der Waals surface area contributed by atoms with Crippen LogP contribution in [0.1, 0.15) is 26.3 Å². The zero-order valence-corrected chi connectivity index (χ0v) is 12.9. The van der Waals surface area contributed by atoms with Crippen LogP contribution in [0, 0.1) is 11.6 Å². The molecule has 7 heteroatoms. The average molecular weight is 333 g/mol. The van der Waals surface area contributed by atoms with Crippen molar-refractivity contribution >= 4 is 11.8 Å². The lowest BCUT2D eigenvalue weighted by atomic mass is 10.1. The summed E-state index contributed by atoms with van der Waals surface area (Å²) < 4.78 is 37.4. The van der Waals surface area contributed by atoms with Crippen molar-refractivity contribution in [1.29, 1.82) is 0 Å².